The van der Waals surface area contributed by atoms with Crippen LogP contribution in [0.3, 0.4) is 0 Å². The van der Waals surface area contributed by atoms with Gasteiger partial charge in [-0.2, -0.15) is 0 Å². The second-order valence-corrected chi connectivity index (χ2v) is 5.30. The molecule has 1 unspecified atom stereocenters. The quantitative estimate of drug-likeness (QED) is 0.849. The van der Waals surface area contributed by atoms with Gasteiger partial charge in [0.1, 0.15) is 5.75 Å². The smallest absolute Gasteiger partial charge is 0.251 e. The molecule has 0 bridgehead atoms. The monoisotopic (exact) mass is 312 g/mol. The Morgan fingerprint density at radius 3 is 3.05 bits per heavy atom. The van der Waals surface area contributed by atoms with Crippen molar-refractivity contribution < 1.29 is 9.53 Å². The highest BCUT2D eigenvalue weighted by Gasteiger charge is 2.14. The SMILES string of the molecule is CCCOc1cccc(C(=O)NCC2CCCNC2)c1.Cl. The van der Waals surface area contributed by atoms with Crippen molar-refractivity contribution in [2.24, 2.45) is 5.92 Å². The van der Waals surface area contributed by atoms with Crippen molar-refractivity contribution in [3.63, 3.8) is 0 Å². The third-order valence-electron chi connectivity index (χ3n) is 3.52. The van der Waals surface area contributed by atoms with Crippen LogP contribution in [0.25, 0.3) is 0 Å². The summed E-state index contributed by atoms with van der Waals surface area (Å²) in [6.45, 7) is 5.58. The van der Waals surface area contributed by atoms with Crippen LogP contribution in [-0.4, -0.2) is 32.1 Å². The van der Waals surface area contributed by atoms with Gasteiger partial charge in [0.15, 0.2) is 0 Å². The van der Waals surface area contributed by atoms with Crippen LogP contribution in [0.1, 0.15) is 36.5 Å². The van der Waals surface area contributed by atoms with Gasteiger partial charge in [-0.15, -0.1) is 12.4 Å². The first kappa shape index (κ1) is 17.8. The van der Waals surface area contributed by atoms with Crippen LogP contribution in [-0.2, 0) is 0 Å². The Balaban J connectivity index is 0.00000220. The van der Waals surface area contributed by atoms with Gasteiger partial charge in [0.05, 0.1) is 6.61 Å². The summed E-state index contributed by atoms with van der Waals surface area (Å²) in [6, 6.07) is 7.39. The molecular formula is C16H25ClN2O2. The molecule has 1 aliphatic rings. The fourth-order valence-corrected chi connectivity index (χ4v) is 2.38. The maximum absolute atomic E-state index is 12.1. The Morgan fingerprint density at radius 1 is 1.48 bits per heavy atom. The number of nitrogens with one attached hydrogen (secondary N) is 2. The number of piperidine rings is 1. The van der Waals surface area contributed by atoms with Crippen molar-refractivity contribution >= 4 is 18.3 Å². The highest BCUT2D eigenvalue weighted by atomic mass is 35.5. The van der Waals surface area contributed by atoms with Gasteiger partial charge in [-0.05, 0) is 56.5 Å². The normalized spacial score (nSPS) is 17.7. The maximum atomic E-state index is 12.1. The molecule has 1 saturated heterocycles. The lowest BCUT2D eigenvalue weighted by molar-refractivity contribution is 0.0944. The molecule has 1 amide bonds. The van der Waals surface area contributed by atoms with Gasteiger partial charge >= 0.3 is 0 Å². The Kier molecular flexibility index (Phi) is 8.16. The number of halogens is 1. The van der Waals surface area contributed by atoms with Crippen molar-refractivity contribution in [2.45, 2.75) is 26.2 Å². The van der Waals surface area contributed by atoms with Crippen molar-refractivity contribution in [1.29, 1.82) is 0 Å². The summed E-state index contributed by atoms with van der Waals surface area (Å²) < 4.78 is 5.55. The van der Waals surface area contributed by atoms with E-state index in [1.807, 2.05) is 24.3 Å². The van der Waals surface area contributed by atoms with E-state index in [1.165, 1.54) is 12.8 Å². The molecule has 1 heterocycles. The summed E-state index contributed by atoms with van der Waals surface area (Å²) in [5, 5.41) is 6.38. The summed E-state index contributed by atoms with van der Waals surface area (Å²) in [4.78, 5) is 12.1. The molecule has 0 aliphatic carbocycles. The van der Waals surface area contributed by atoms with Gasteiger partial charge in [-0.3, -0.25) is 4.79 Å². The summed E-state index contributed by atoms with van der Waals surface area (Å²) in [6.07, 6.45) is 3.35. The van der Waals surface area contributed by atoms with Crippen molar-refractivity contribution in [3.05, 3.63) is 29.8 Å². The minimum absolute atomic E-state index is 0. The molecule has 1 aromatic carbocycles. The van der Waals surface area contributed by atoms with E-state index >= 15 is 0 Å². The molecule has 118 valence electrons. The molecule has 2 N–H and O–H groups in total. The number of hydrogen-bond donors (Lipinski definition) is 2. The molecule has 0 aromatic heterocycles. The molecule has 1 aliphatic heterocycles. The van der Waals surface area contributed by atoms with E-state index in [9.17, 15) is 4.79 Å². The van der Waals surface area contributed by atoms with Gasteiger partial charge in [-0.1, -0.05) is 13.0 Å². The van der Waals surface area contributed by atoms with Crippen LogP contribution in [0.4, 0.5) is 0 Å². The fourth-order valence-electron chi connectivity index (χ4n) is 2.38. The average Bonchev–Trinajstić information content (AvgIpc) is 2.52. The average molecular weight is 313 g/mol. The van der Waals surface area contributed by atoms with Crippen LogP contribution < -0.4 is 15.4 Å². The number of ether oxygens (including phenoxy) is 1. The molecule has 0 saturated carbocycles. The number of benzene rings is 1. The zero-order valence-corrected chi connectivity index (χ0v) is 13.4. The zero-order chi connectivity index (χ0) is 14.2. The van der Waals surface area contributed by atoms with Crippen LogP contribution in [0.5, 0.6) is 5.75 Å². The first-order valence-corrected chi connectivity index (χ1v) is 7.51. The van der Waals surface area contributed by atoms with Gasteiger partial charge in [0.2, 0.25) is 0 Å². The molecule has 1 atom stereocenters. The highest BCUT2D eigenvalue weighted by Crippen LogP contribution is 2.14. The van der Waals surface area contributed by atoms with E-state index in [2.05, 4.69) is 17.6 Å². The third kappa shape index (κ3) is 5.94. The summed E-state index contributed by atoms with van der Waals surface area (Å²) >= 11 is 0. The maximum Gasteiger partial charge on any atom is 0.251 e. The van der Waals surface area contributed by atoms with E-state index in [4.69, 9.17) is 4.74 Å². The predicted octanol–water partition coefficient (Wildman–Crippen LogP) is 2.63. The van der Waals surface area contributed by atoms with Gasteiger partial charge in [0.25, 0.3) is 5.91 Å². The van der Waals surface area contributed by atoms with E-state index in [-0.39, 0.29) is 18.3 Å². The lowest BCUT2D eigenvalue weighted by Gasteiger charge is -2.22. The first-order valence-electron chi connectivity index (χ1n) is 7.51. The standard InChI is InChI=1S/C16H24N2O2.ClH/c1-2-9-20-15-7-3-6-14(10-15)16(19)18-12-13-5-4-8-17-11-13;/h3,6-7,10,13,17H,2,4-5,8-9,11-12H2,1H3,(H,18,19);1H. The predicted molar refractivity (Wildman–Crippen MR) is 87.4 cm³/mol. The summed E-state index contributed by atoms with van der Waals surface area (Å²) in [5.74, 6) is 1.29. The lowest BCUT2D eigenvalue weighted by atomic mass is 9.99. The Morgan fingerprint density at radius 2 is 2.33 bits per heavy atom. The third-order valence-corrected chi connectivity index (χ3v) is 3.52. The van der Waals surface area contributed by atoms with E-state index in [0.717, 1.165) is 31.8 Å². The van der Waals surface area contributed by atoms with E-state index < -0.39 is 0 Å². The molecule has 5 heteroatoms. The molecule has 1 aromatic rings. The number of amides is 1. The van der Waals surface area contributed by atoms with Gasteiger partial charge < -0.3 is 15.4 Å². The summed E-state index contributed by atoms with van der Waals surface area (Å²) in [5.41, 5.74) is 0.669. The van der Waals surface area contributed by atoms with Crippen LogP contribution in [0, 0.1) is 5.92 Å². The fraction of sp³-hybridized carbons (Fsp3) is 0.562. The minimum Gasteiger partial charge on any atom is -0.494 e. The number of carbonyl (C=O) groups is 1. The van der Waals surface area contributed by atoms with Gasteiger partial charge in [-0.25, -0.2) is 0 Å². The number of hydrogen-bond acceptors (Lipinski definition) is 3. The van der Waals surface area contributed by atoms with Crippen LogP contribution in [0.2, 0.25) is 0 Å². The topological polar surface area (TPSA) is 50.4 Å². The Hall–Kier alpha value is -1.26. The highest BCUT2D eigenvalue weighted by molar-refractivity contribution is 5.94. The van der Waals surface area contributed by atoms with E-state index in [1.54, 1.807) is 0 Å². The molecule has 4 nitrogen and oxygen atoms in total. The number of rotatable bonds is 6. The summed E-state index contributed by atoms with van der Waals surface area (Å²) in [7, 11) is 0. The van der Waals surface area contributed by atoms with Crippen molar-refractivity contribution in [1.82, 2.24) is 10.6 Å². The first-order chi connectivity index (χ1) is 9.79. The Labute approximate surface area is 133 Å². The largest absolute Gasteiger partial charge is 0.494 e. The van der Waals surface area contributed by atoms with Crippen molar-refractivity contribution in [2.75, 3.05) is 26.2 Å². The van der Waals surface area contributed by atoms with Crippen LogP contribution >= 0.6 is 12.4 Å². The second-order valence-electron chi connectivity index (χ2n) is 5.30. The molecular weight excluding hydrogens is 288 g/mol. The molecule has 21 heavy (non-hydrogen) atoms. The molecule has 0 spiro atoms. The lowest BCUT2D eigenvalue weighted by Crippen LogP contribution is -2.38. The van der Waals surface area contributed by atoms with Gasteiger partial charge in [0, 0.05) is 12.1 Å². The molecule has 2 rings (SSSR count). The Bertz CT molecular complexity index is 434. The molecule has 1 fully saturated rings. The molecule has 0 radical (unpaired) electrons. The van der Waals surface area contributed by atoms with Crippen molar-refractivity contribution in [3.8, 4) is 5.75 Å². The van der Waals surface area contributed by atoms with Crippen LogP contribution in [0.15, 0.2) is 24.3 Å². The zero-order valence-electron chi connectivity index (χ0n) is 12.6. The second kappa shape index (κ2) is 9.64. The van der Waals surface area contributed by atoms with E-state index in [0.29, 0.717) is 18.1 Å². The number of carbonyl (C=O) groups excluding carboxylic acids is 1. The minimum atomic E-state index is -0.0162.